The van der Waals surface area contributed by atoms with Gasteiger partial charge in [-0.05, 0) is 31.6 Å². The lowest BCUT2D eigenvalue weighted by atomic mass is 9.84. The van der Waals surface area contributed by atoms with E-state index in [1.165, 1.54) is 0 Å². The molecule has 0 heterocycles. The summed E-state index contributed by atoms with van der Waals surface area (Å²) in [5.41, 5.74) is 0. The van der Waals surface area contributed by atoms with Crippen LogP contribution in [0.2, 0.25) is 0 Å². The van der Waals surface area contributed by atoms with Crippen LogP contribution in [0.25, 0.3) is 0 Å². The minimum Gasteiger partial charge on any atom is -0.300 e. The normalized spacial score (nSPS) is 22.4. The number of rotatable bonds is 5. The molecule has 2 nitrogen and oxygen atoms in total. The van der Waals surface area contributed by atoms with E-state index in [0.717, 1.165) is 38.5 Å². The smallest absolute Gasteiger partial charge is 0.133 e. The average Bonchev–Trinajstić information content (AvgIpc) is 2.15. The van der Waals surface area contributed by atoms with Gasteiger partial charge >= 0.3 is 0 Å². The largest absolute Gasteiger partial charge is 0.300 e. The van der Waals surface area contributed by atoms with Crippen LogP contribution >= 0.6 is 0 Å². The maximum Gasteiger partial charge on any atom is 0.133 e. The van der Waals surface area contributed by atoms with Gasteiger partial charge in [0.05, 0.1) is 0 Å². The molecule has 0 radical (unpaired) electrons. The summed E-state index contributed by atoms with van der Waals surface area (Å²) in [5.74, 6) is 1.26. The molecule has 2 heteroatoms. The molecule has 0 N–H and O–H groups in total. The summed E-state index contributed by atoms with van der Waals surface area (Å²) in [7, 11) is 0. The fourth-order valence-corrected chi connectivity index (χ4v) is 2.13. The molecule has 0 amide bonds. The van der Waals surface area contributed by atoms with Crippen LogP contribution in [-0.2, 0) is 9.59 Å². The Morgan fingerprint density at radius 1 is 1.43 bits per heavy atom. The van der Waals surface area contributed by atoms with E-state index < -0.39 is 0 Å². The molecule has 0 aromatic heterocycles. The Morgan fingerprint density at radius 3 is 2.86 bits per heavy atom. The van der Waals surface area contributed by atoms with Crippen molar-refractivity contribution in [3.63, 3.8) is 0 Å². The molecule has 0 aromatic rings. The predicted molar refractivity (Wildman–Crippen MR) is 56.1 cm³/mol. The van der Waals surface area contributed by atoms with Gasteiger partial charge in [0.1, 0.15) is 11.6 Å². The van der Waals surface area contributed by atoms with Gasteiger partial charge in [-0.15, -0.1) is 0 Å². The lowest BCUT2D eigenvalue weighted by molar-refractivity contribution is -0.123. The van der Waals surface area contributed by atoms with Crippen LogP contribution < -0.4 is 0 Å². The minimum absolute atomic E-state index is 0.366. The molecular weight excluding hydrogens is 176 g/mol. The first kappa shape index (κ1) is 11.4. The van der Waals surface area contributed by atoms with Crippen LogP contribution in [0, 0.1) is 5.92 Å². The Hall–Kier alpha value is -0.660. The van der Waals surface area contributed by atoms with Gasteiger partial charge in [-0.3, -0.25) is 9.59 Å². The van der Waals surface area contributed by atoms with E-state index in [0.29, 0.717) is 30.3 Å². The van der Waals surface area contributed by atoms with Crippen molar-refractivity contribution in [2.45, 2.75) is 58.3 Å². The van der Waals surface area contributed by atoms with Gasteiger partial charge in [0, 0.05) is 25.7 Å². The lowest BCUT2D eigenvalue weighted by Gasteiger charge is -2.19. The lowest BCUT2D eigenvalue weighted by Crippen LogP contribution is -2.15. The second-order valence-corrected chi connectivity index (χ2v) is 4.33. The van der Waals surface area contributed by atoms with Crippen LogP contribution in [0.5, 0.6) is 0 Å². The molecule has 1 atom stereocenters. The number of hydrogen-bond acceptors (Lipinski definition) is 2. The predicted octanol–water partition coefficient (Wildman–Crippen LogP) is 2.90. The van der Waals surface area contributed by atoms with Crippen molar-refractivity contribution < 1.29 is 9.59 Å². The summed E-state index contributed by atoms with van der Waals surface area (Å²) < 4.78 is 0. The zero-order valence-corrected chi connectivity index (χ0v) is 9.05. The van der Waals surface area contributed by atoms with Gasteiger partial charge in [0.15, 0.2) is 0 Å². The molecule has 0 bridgehead atoms. The van der Waals surface area contributed by atoms with E-state index >= 15 is 0 Å². The van der Waals surface area contributed by atoms with Crippen LogP contribution in [0.4, 0.5) is 0 Å². The van der Waals surface area contributed by atoms with E-state index in [9.17, 15) is 9.59 Å². The third-order valence-electron chi connectivity index (χ3n) is 2.94. The van der Waals surface area contributed by atoms with Crippen LogP contribution in [-0.4, -0.2) is 11.6 Å². The van der Waals surface area contributed by atoms with Crippen molar-refractivity contribution in [3.05, 3.63) is 0 Å². The van der Waals surface area contributed by atoms with Gasteiger partial charge in [-0.1, -0.05) is 6.92 Å². The first-order chi connectivity index (χ1) is 6.72. The molecule has 0 aliphatic heterocycles. The minimum atomic E-state index is 0.366. The average molecular weight is 196 g/mol. The number of Topliss-reactive ketones (excluding diaryl/α,β-unsaturated/α-hetero) is 2. The first-order valence-corrected chi connectivity index (χ1v) is 5.75. The van der Waals surface area contributed by atoms with E-state index in [4.69, 9.17) is 0 Å². The van der Waals surface area contributed by atoms with Gasteiger partial charge in [0.25, 0.3) is 0 Å². The van der Waals surface area contributed by atoms with E-state index in [2.05, 4.69) is 0 Å². The van der Waals surface area contributed by atoms with E-state index in [1.807, 2.05) is 6.92 Å². The second-order valence-electron chi connectivity index (χ2n) is 4.33. The molecule has 1 fully saturated rings. The summed E-state index contributed by atoms with van der Waals surface area (Å²) in [6.45, 7) is 2.03. The fraction of sp³-hybridized carbons (Fsp3) is 0.833. The second kappa shape index (κ2) is 5.94. The van der Waals surface area contributed by atoms with E-state index in [-0.39, 0.29) is 0 Å². The molecule has 1 unspecified atom stereocenters. The molecular formula is C12H20O2. The third-order valence-corrected chi connectivity index (χ3v) is 2.94. The Labute approximate surface area is 86.1 Å². The van der Waals surface area contributed by atoms with Crippen molar-refractivity contribution in [2.24, 2.45) is 5.92 Å². The number of carbonyl (C=O) groups excluding carboxylic acids is 2. The third kappa shape index (κ3) is 4.03. The maximum absolute atomic E-state index is 11.3. The highest BCUT2D eigenvalue weighted by Crippen LogP contribution is 2.25. The fourth-order valence-electron chi connectivity index (χ4n) is 2.13. The zero-order valence-electron chi connectivity index (χ0n) is 9.05. The topological polar surface area (TPSA) is 34.1 Å². The van der Waals surface area contributed by atoms with Gasteiger partial charge in [-0.25, -0.2) is 0 Å². The Bertz CT molecular complexity index is 208. The zero-order chi connectivity index (χ0) is 10.4. The Balaban J connectivity index is 2.17. The SMILES string of the molecule is CCCC(=O)CCC1CCCC(=O)C1. The molecule has 0 aromatic carbocycles. The van der Waals surface area contributed by atoms with Crippen molar-refractivity contribution in [3.8, 4) is 0 Å². The van der Waals surface area contributed by atoms with Crippen LogP contribution in [0.3, 0.4) is 0 Å². The summed E-state index contributed by atoms with van der Waals surface area (Å²) in [6, 6.07) is 0. The van der Waals surface area contributed by atoms with Crippen molar-refractivity contribution in [1.29, 1.82) is 0 Å². The molecule has 14 heavy (non-hydrogen) atoms. The first-order valence-electron chi connectivity index (χ1n) is 5.75. The summed E-state index contributed by atoms with van der Waals surface area (Å²) in [6.07, 6.45) is 6.94. The van der Waals surface area contributed by atoms with Gasteiger partial charge in [-0.2, -0.15) is 0 Å². The quantitative estimate of drug-likeness (QED) is 0.677. The summed E-state index contributed by atoms with van der Waals surface area (Å²) in [4.78, 5) is 22.4. The highest BCUT2D eigenvalue weighted by atomic mass is 16.1. The summed E-state index contributed by atoms with van der Waals surface area (Å²) in [5, 5.41) is 0. The molecule has 1 rings (SSSR count). The van der Waals surface area contributed by atoms with Crippen LogP contribution in [0.15, 0.2) is 0 Å². The van der Waals surface area contributed by atoms with Crippen molar-refractivity contribution in [1.82, 2.24) is 0 Å². The molecule has 0 saturated heterocycles. The monoisotopic (exact) mass is 196 g/mol. The molecule has 1 saturated carbocycles. The van der Waals surface area contributed by atoms with Crippen molar-refractivity contribution >= 4 is 11.6 Å². The number of hydrogen-bond donors (Lipinski definition) is 0. The highest BCUT2D eigenvalue weighted by molar-refractivity contribution is 5.80. The molecule has 1 aliphatic rings. The Kier molecular flexibility index (Phi) is 4.85. The van der Waals surface area contributed by atoms with Crippen LogP contribution in [0.1, 0.15) is 58.3 Å². The number of ketones is 2. The van der Waals surface area contributed by atoms with E-state index in [1.54, 1.807) is 0 Å². The Morgan fingerprint density at radius 2 is 2.21 bits per heavy atom. The standard InChI is InChI=1S/C12H20O2/c1-2-4-11(13)8-7-10-5-3-6-12(14)9-10/h10H,2-9H2,1H3. The molecule has 0 spiro atoms. The summed E-state index contributed by atoms with van der Waals surface area (Å²) >= 11 is 0. The number of carbonyl (C=O) groups is 2. The highest BCUT2D eigenvalue weighted by Gasteiger charge is 2.19. The maximum atomic E-state index is 11.3. The molecule has 1 aliphatic carbocycles. The van der Waals surface area contributed by atoms with Gasteiger partial charge in [0.2, 0.25) is 0 Å². The van der Waals surface area contributed by atoms with Crippen molar-refractivity contribution in [2.75, 3.05) is 0 Å². The molecule has 80 valence electrons. The van der Waals surface area contributed by atoms with Gasteiger partial charge < -0.3 is 0 Å².